The third-order valence-corrected chi connectivity index (χ3v) is 8.30. The minimum Gasteiger partial charge on any atom is -0.336 e. The van der Waals surface area contributed by atoms with Crippen molar-refractivity contribution in [2.24, 2.45) is 0 Å². The van der Waals surface area contributed by atoms with Crippen molar-refractivity contribution in [1.82, 2.24) is 24.6 Å². The van der Waals surface area contributed by atoms with Crippen LogP contribution in [-0.4, -0.2) is 56.7 Å². The van der Waals surface area contributed by atoms with Crippen molar-refractivity contribution in [3.63, 3.8) is 0 Å². The van der Waals surface area contributed by atoms with Crippen LogP contribution in [0.1, 0.15) is 38.8 Å². The summed E-state index contributed by atoms with van der Waals surface area (Å²) in [5, 5.41) is 5.74. The van der Waals surface area contributed by atoms with Gasteiger partial charge in [-0.1, -0.05) is 90.5 Å². The van der Waals surface area contributed by atoms with Crippen molar-refractivity contribution in [3.8, 4) is 16.4 Å². The van der Waals surface area contributed by atoms with E-state index in [0.717, 1.165) is 44.5 Å². The highest BCUT2D eigenvalue weighted by Crippen LogP contribution is 2.36. The molecule has 1 fully saturated rings. The predicted molar refractivity (Wildman–Crippen MR) is 157 cm³/mol. The number of halogens is 3. The molecule has 6 nitrogen and oxygen atoms in total. The van der Waals surface area contributed by atoms with Crippen molar-refractivity contribution in [2.45, 2.75) is 19.1 Å². The first-order valence-corrected chi connectivity index (χ1v) is 14.5. The second-order valence-electron chi connectivity index (χ2n) is 10.2. The fourth-order valence-corrected chi connectivity index (χ4v) is 6.17. The van der Waals surface area contributed by atoms with Crippen molar-refractivity contribution in [2.75, 3.05) is 26.2 Å². The molecule has 1 aliphatic rings. The number of aryl methyl sites for hydroxylation is 1. The third-order valence-electron chi connectivity index (χ3n) is 7.49. The van der Waals surface area contributed by atoms with Crippen LogP contribution in [0.15, 0.2) is 96.5 Å². The van der Waals surface area contributed by atoms with Gasteiger partial charge in [-0.05, 0) is 18.1 Å². The number of hydrogen-bond donors (Lipinski definition) is 0. The minimum absolute atomic E-state index is 0.0224. The van der Waals surface area contributed by atoms with Gasteiger partial charge in [0.05, 0.1) is 23.5 Å². The Bertz CT molecular complexity index is 1620. The summed E-state index contributed by atoms with van der Waals surface area (Å²) in [4.78, 5) is 21.7. The first-order valence-electron chi connectivity index (χ1n) is 13.6. The molecule has 0 atom stereocenters. The van der Waals surface area contributed by atoms with Gasteiger partial charge in [0.15, 0.2) is 5.69 Å². The maximum atomic E-state index is 14.4. The summed E-state index contributed by atoms with van der Waals surface area (Å²) in [6.07, 6.45) is -3.79. The van der Waals surface area contributed by atoms with E-state index in [1.54, 1.807) is 5.38 Å². The normalized spacial score (nSPS) is 14.5. The fourth-order valence-electron chi connectivity index (χ4n) is 5.38. The number of aromatic nitrogens is 3. The summed E-state index contributed by atoms with van der Waals surface area (Å²) >= 11 is 1.05. The number of alkyl halides is 3. The van der Waals surface area contributed by atoms with E-state index in [9.17, 15) is 18.0 Å². The predicted octanol–water partition coefficient (Wildman–Crippen LogP) is 6.87. The summed E-state index contributed by atoms with van der Waals surface area (Å²) in [6.45, 7) is 3.58. The molecule has 0 unspecified atom stereocenters. The first kappa shape index (κ1) is 27.9. The molecule has 42 heavy (non-hydrogen) atoms. The quantitative estimate of drug-likeness (QED) is 0.218. The number of rotatable bonds is 6. The molecule has 5 aromatic rings. The molecule has 6 rings (SSSR count). The van der Waals surface area contributed by atoms with E-state index in [-0.39, 0.29) is 11.2 Å². The van der Waals surface area contributed by atoms with Crippen molar-refractivity contribution in [3.05, 3.63) is 124 Å². The Morgan fingerprint density at radius 2 is 1.45 bits per heavy atom. The van der Waals surface area contributed by atoms with Crippen LogP contribution < -0.4 is 0 Å². The summed E-state index contributed by atoms with van der Waals surface area (Å²) < 4.78 is 44.0. The average Bonchev–Trinajstić information content (AvgIpc) is 3.67. The van der Waals surface area contributed by atoms with Crippen LogP contribution in [0.3, 0.4) is 0 Å². The fraction of sp³-hybridized carbons (Fsp3) is 0.219. The summed E-state index contributed by atoms with van der Waals surface area (Å²) in [6, 6.07) is 27.8. The molecule has 0 N–H and O–H groups in total. The summed E-state index contributed by atoms with van der Waals surface area (Å²) in [7, 11) is 0. The van der Waals surface area contributed by atoms with Gasteiger partial charge in [-0.15, -0.1) is 11.3 Å². The summed E-state index contributed by atoms with van der Waals surface area (Å²) in [5.41, 5.74) is 3.09. The zero-order valence-electron chi connectivity index (χ0n) is 22.8. The zero-order valence-corrected chi connectivity index (χ0v) is 23.6. The minimum atomic E-state index is -4.80. The van der Waals surface area contributed by atoms with E-state index in [1.165, 1.54) is 4.90 Å². The van der Waals surface area contributed by atoms with E-state index >= 15 is 0 Å². The number of amides is 1. The third kappa shape index (κ3) is 5.60. The molecule has 3 aromatic carbocycles. The Balaban J connectivity index is 1.24. The van der Waals surface area contributed by atoms with Gasteiger partial charge in [-0.25, -0.2) is 9.67 Å². The number of hydrogen-bond acceptors (Lipinski definition) is 5. The maximum Gasteiger partial charge on any atom is 0.434 e. The smallest absolute Gasteiger partial charge is 0.336 e. The molecule has 0 aliphatic carbocycles. The molecule has 0 spiro atoms. The van der Waals surface area contributed by atoms with Crippen LogP contribution in [0.4, 0.5) is 13.2 Å². The molecular weight excluding hydrogens is 559 g/mol. The number of piperazine rings is 1. The van der Waals surface area contributed by atoms with Crippen molar-refractivity contribution < 1.29 is 18.0 Å². The second-order valence-corrected chi connectivity index (χ2v) is 11.1. The van der Waals surface area contributed by atoms with Gasteiger partial charge in [0.25, 0.3) is 5.91 Å². The van der Waals surface area contributed by atoms with Crippen LogP contribution in [0.2, 0.25) is 0 Å². The molecule has 1 amide bonds. The van der Waals surface area contributed by atoms with E-state index in [4.69, 9.17) is 0 Å². The van der Waals surface area contributed by atoms with Crippen LogP contribution in [-0.2, 0) is 6.18 Å². The van der Waals surface area contributed by atoms with Crippen LogP contribution >= 0.6 is 11.3 Å². The number of benzene rings is 3. The van der Waals surface area contributed by atoms with Gasteiger partial charge in [-0.2, -0.15) is 18.3 Å². The second kappa shape index (κ2) is 11.5. The maximum absolute atomic E-state index is 14.4. The molecule has 0 bridgehead atoms. The van der Waals surface area contributed by atoms with Gasteiger partial charge in [-0.3, -0.25) is 9.69 Å². The first-order chi connectivity index (χ1) is 20.3. The Labute approximate surface area is 245 Å². The lowest BCUT2D eigenvalue weighted by molar-refractivity contribution is -0.143. The largest absolute Gasteiger partial charge is 0.434 e. The molecule has 214 valence electrons. The van der Waals surface area contributed by atoms with Gasteiger partial charge in [0, 0.05) is 37.1 Å². The van der Waals surface area contributed by atoms with Crippen LogP contribution in [0.25, 0.3) is 16.4 Å². The van der Waals surface area contributed by atoms with Gasteiger partial charge in [0.2, 0.25) is 5.13 Å². The van der Waals surface area contributed by atoms with Gasteiger partial charge < -0.3 is 4.90 Å². The lowest BCUT2D eigenvalue weighted by Crippen LogP contribution is -2.50. The molecule has 0 saturated carbocycles. The highest BCUT2D eigenvalue weighted by molar-refractivity contribution is 7.12. The highest BCUT2D eigenvalue weighted by atomic mass is 32.1. The molecule has 1 saturated heterocycles. The van der Waals surface area contributed by atoms with Crippen LogP contribution in [0, 0.1) is 6.92 Å². The Kier molecular flexibility index (Phi) is 7.66. The molecule has 0 radical (unpaired) electrons. The zero-order chi connectivity index (χ0) is 29.3. The average molecular weight is 588 g/mol. The Morgan fingerprint density at radius 1 is 0.857 bits per heavy atom. The molecule has 2 aromatic heterocycles. The monoisotopic (exact) mass is 587 g/mol. The Morgan fingerprint density at radius 3 is 2.02 bits per heavy atom. The number of thiazole rings is 1. The van der Waals surface area contributed by atoms with Crippen molar-refractivity contribution >= 4 is 17.2 Å². The molecule has 10 heteroatoms. The lowest BCUT2D eigenvalue weighted by atomic mass is 9.96. The molecule has 1 aliphatic heterocycles. The Hall–Kier alpha value is -4.28. The number of nitrogens with zero attached hydrogens (tertiary/aromatic N) is 5. The standard InChI is InChI=1S/C32H28F3N5OS/c1-22-12-14-23(15-13-22)27-21-42-31(37-27)40-29(32(33,34)35)26(20-36-40)30(41)39-18-16-38(17-19-39)28(24-8-4-2-5-9-24)25-10-6-3-7-11-25/h2-15,20-21,28H,16-19H2,1H3. The van der Waals surface area contributed by atoms with E-state index in [0.29, 0.717) is 31.9 Å². The molecule has 3 heterocycles. The lowest BCUT2D eigenvalue weighted by Gasteiger charge is -2.39. The summed E-state index contributed by atoms with van der Waals surface area (Å²) in [5.74, 6) is -0.681. The molecular formula is C32H28F3N5OS. The van der Waals surface area contributed by atoms with E-state index in [1.807, 2.05) is 67.6 Å². The topological polar surface area (TPSA) is 54.3 Å². The number of carbonyl (C=O) groups excluding carboxylic acids is 1. The highest BCUT2D eigenvalue weighted by Gasteiger charge is 2.42. The number of carbonyl (C=O) groups is 1. The SMILES string of the molecule is Cc1ccc(-c2csc(-n3ncc(C(=O)N4CCN(C(c5ccccc5)c5ccccc5)CC4)c3C(F)(F)F)n2)cc1. The van der Waals surface area contributed by atoms with Crippen molar-refractivity contribution in [1.29, 1.82) is 0 Å². The van der Waals surface area contributed by atoms with E-state index < -0.39 is 23.3 Å². The van der Waals surface area contributed by atoms with E-state index in [2.05, 4.69) is 39.2 Å². The van der Waals surface area contributed by atoms with Gasteiger partial charge >= 0.3 is 6.18 Å². The van der Waals surface area contributed by atoms with Gasteiger partial charge in [0.1, 0.15) is 0 Å². The van der Waals surface area contributed by atoms with Crippen LogP contribution in [0.5, 0.6) is 0 Å².